The molecule has 94 valence electrons. The van der Waals surface area contributed by atoms with Crippen molar-refractivity contribution >= 4 is 0 Å². The Morgan fingerprint density at radius 2 is 1.88 bits per heavy atom. The lowest BCUT2D eigenvalue weighted by molar-refractivity contribution is 0.330. The van der Waals surface area contributed by atoms with Crippen LogP contribution in [0.15, 0.2) is 6.07 Å². The van der Waals surface area contributed by atoms with Crippen LogP contribution in [0.3, 0.4) is 0 Å². The molecule has 0 heterocycles. The van der Waals surface area contributed by atoms with Crippen LogP contribution in [-0.2, 0) is 6.42 Å². The molecule has 1 saturated carbocycles. The van der Waals surface area contributed by atoms with E-state index < -0.39 is 17.4 Å². The number of methoxy groups -OCH3 is 2. The smallest absolute Gasteiger partial charge is 0.209 e. The number of hydrogen-bond donors (Lipinski definition) is 1. The van der Waals surface area contributed by atoms with Gasteiger partial charge in [0.05, 0.1) is 14.2 Å². The predicted octanol–water partition coefficient (Wildman–Crippen LogP) is 2.02. The number of nitrogens with two attached hydrogens (primary N) is 1. The molecule has 0 bridgehead atoms. The van der Waals surface area contributed by atoms with E-state index in [1.54, 1.807) is 0 Å². The molecule has 0 spiro atoms. The first-order valence-electron chi connectivity index (χ1n) is 5.38. The number of hydrogen-bond acceptors (Lipinski definition) is 3. The summed E-state index contributed by atoms with van der Waals surface area (Å²) in [5, 5.41) is 0. The molecule has 0 atom stereocenters. The Morgan fingerprint density at radius 3 is 2.35 bits per heavy atom. The van der Waals surface area contributed by atoms with Gasteiger partial charge in [-0.05, 0) is 30.9 Å². The fraction of sp³-hybridized carbons (Fsp3) is 0.500. The van der Waals surface area contributed by atoms with Crippen LogP contribution in [0.25, 0.3) is 0 Å². The lowest BCUT2D eigenvalue weighted by Crippen LogP contribution is -2.25. The van der Waals surface area contributed by atoms with Gasteiger partial charge in [-0.3, -0.25) is 0 Å². The predicted molar refractivity (Wildman–Crippen MR) is 59.3 cm³/mol. The Morgan fingerprint density at radius 1 is 1.24 bits per heavy atom. The highest BCUT2D eigenvalue weighted by Gasteiger charge is 2.39. The van der Waals surface area contributed by atoms with Crippen molar-refractivity contribution in [2.75, 3.05) is 14.2 Å². The Hall–Kier alpha value is -1.36. The van der Waals surface area contributed by atoms with E-state index in [1.807, 2.05) is 0 Å². The third-order valence-electron chi connectivity index (χ3n) is 3.06. The van der Waals surface area contributed by atoms with Crippen LogP contribution in [-0.4, -0.2) is 19.8 Å². The zero-order chi connectivity index (χ0) is 12.6. The fourth-order valence-electron chi connectivity index (χ4n) is 1.81. The maximum absolute atomic E-state index is 13.9. The summed E-state index contributed by atoms with van der Waals surface area (Å²) in [4.78, 5) is 0. The summed E-state index contributed by atoms with van der Waals surface area (Å²) in [5.74, 6) is -1.95. The molecule has 1 aliphatic rings. The standard InChI is InChI=1S/C12H15F2NO2/c1-16-8-5-7(6-12(15)3-4-12)9(13)11(17-2)10(8)14/h5H,3-4,6,15H2,1-2H3. The van der Waals surface area contributed by atoms with Crippen LogP contribution in [0.1, 0.15) is 18.4 Å². The van der Waals surface area contributed by atoms with E-state index in [0.717, 1.165) is 12.8 Å². The van der Waals surface area contributed by atoms with Gasteiger partial charge in [0.15, 0.2) is 17.3 Å². The second kappa shape index (κ2) is 4.14. The van der Waals surface area contributed by atoms with E-state index in [4.69, 9.17) is 15.2 Å². The van der Waals surface area contributed by atoms with E-state index in [2.05, 4.69) is 0 Å². The van der Waals surface area contributed by atoms with E-state index in [0.29, 0.717) is 12.0 Å². The first kappa shape index (κ1) is 12.1. The highest BCUT2D eigenvalue weighted by molar-refractivity contribution is 5.43. The van der Waals surface area contributed by atoms with Gasteiger partial charge in [-0.2, -0.15) is 4.39 Å². The molecule has 2 N–H and O–H groups in total. The third-order valence-corrected chi connectivity index (χ3v) is 3.06. The number of halogens is 2. The van der Waals surface area contributed by atoms with E-state index >= 15 is 0 Å². The van der Waals surface area contributed by atoms with Crippen LogP contribution in [0.4, 0.5) is 8.78 Å². The largest absolute Gasteiger partial charge is 0.494 e. The van der Waals surface area contributed by atoms with Crippen LogP contribution in [0.2, 0.25) is 0 Å². The molecule has 17 heavy (non-hydrogen) atoms. The molecule has 1 aromatic rings. The van der Waals surface area contributed by atoms with Gasteiger partial charge in [0.2, 0.25) is 5.82 Å². The van der Waals surface area contributed by atoms with E-state index in [1.165, 1.54) is 20.3 Å². The monoisotopic (exact) mass is 243 g/mol. The van der Waals surface area contributed by atoms with Gasteiger partial charge in [0.25, 0.3) is 0 Å². The molecule has 5 heteroatoms. The lowest BCUT2D eigenvalue weighted by Gasteiger charge is -2.14. The lowest BCUT2D eigenvalue weighted by atomic mass is 10.0. The quantitative estimate of drug-likeness (QED) is 0.879. The van der Waals surface area contributed by atoms with Gasteiger partial charge in [0.1, 0.15) is 0 Å². The first-order chi connectivity index (χ1) is 8.00. The molecule has 0 amide bonds. The molecule has 2 rings (SSSR count). The zero-order valence-electron chi connectivity index (χ0n) is 9.85. The van der Waals surface area contributed by atoms with Gasteiger partial charge in [-0.25, -0.2) is 4.39 Å². The molecule has 0 aliphatic heterocycles. The van der Waals surface area contributed by atoms with Crippen LogP contribution in [0.5, 0.6) is 11.5 Å². The van der Waals surface area contributed by atoms with E-state index in [-0.39, 0.29) is 11.3 Å². The average molecular weight is 243 g/mol. The van der Waals surface area contributed by atoms with Crippen molar-refractivity contribution in [2.45, 2.75) is 24.8 Å². The maximum atomic E-state index is 13.9. The highest BCUT2D eigenvalue weighted by Crippen LogP contribution is 2.39. The highest BCUT2D eigenvalue weighted by atomic mass is 19.1. The molecule has 0 saturated heterocycles. The van der Waals surface area contributed by atoms with Gasteiger partial charge < -0.3 is 15.2 Å². The van der Waals surface area contributed by atoms with Crippen molar-refractivity contribution in [1.29, 1.82) is 0 Å². The summed E-state index contributed by atoms with van der Waals surface area (Å²) in [6.45, 7) is 0. The van der Waals surface area contributed by atoms with Crippen LogP contribution in [0, 0.1) is 11.6 Å². The molecule has 0 unspecified atom stereocenters. The second-order valence-electron chi connectivity index (χ2n) is 4.44. The molecule has 0 radical (unpaired) electrons. The van der Waals surface area contributed by atoms with Crippen LogP contribution < -0.4 is 15.2 Å². The topological polar surface area (TPSA) is 44.5 Å². The Balaban J connectivity index is 2.43. The molecular weight excluding hydrogens is 228 g/mol. The molecular formula is C12H15F2NO2. The van der Waals surface area contributed by atoms with Gasteiger partial charge in [-0.15, -0.1) is 0 Å². The summed E-state index contributed by atoms with van der Waals surface area (Å²) in [5.41, 5.74) is 5.91. The molecule has 1 aliphatic carbocycles. The third kappa shape index (κ3) is 2.20. The van der Waals surface area contributed by atoms with Crippen LogP contribution >= 0.6 is 0 Å². The summed E-state index contributed by atoms with van der Waals surface area (Å²) in [6, 6.07) is 1.35. The fourth-order valence-corrected chi connectivity index (χ4v) is 1.81. The minimum Gasteiger partial charge on any atom is -0.494 e. The van der Waals surface area contributed by atoms with Gasteiger partial charge >= 0.3 is 0 Å². The summed E-state index contributed by atoms with van der Waals surface area (Å²) in [7, 11) is 2.55. The number of ether oxygens (including phenoxy) is 2. The number of rotatable bonds is 4. The molecule has 1 fully saturated rings. The average Bonchev–Trinajstić information content (AvgIpc) is 3.01. The van der Waals surface area contributed by atoms with Crippen molar-refractivity contribution in [3.63, 3.8) is 0 Å². The van der Waals surface area contributed by atoms with Gasteiger partial charge in [0, 0.05) is 5.54 Å². The molecule has 3 nitrogen and oxygen atoms in total. The van der Waals surface area contributed by atoms with Crippen molar-refractivity contribution in [1.82, 2.24) is 0 Å². The van der Waals surface area contributed by atoms with Crippen molar-refractivity contribution in [2.24, 2.45) is 5.73 Å². The Bertz CT molecular complexity index is 445. The zero-order valence-corrected chi connectivity index (χ0v) is 9.85. The van der Waals surface area contributed by atoms with Crippen molar-refractivity contribution in [3.8, 4) is 11.5 Å². The summed E-state index contributed by atoms with van der Waals surface area (Å²) >= 11 is 0. The maximum Gasteiger partial charge on any atom is 0.209 e. The summed E-state index contributed by atoms with van der Waals surface area (Å²) < 4.78 is 37.2. The van der Waals surface area contributed by atoms with Crippen molar-refractivity contribution in [3.05, 3.63) is 23.3 Å². The minimum atomic E-state index is -0.821. The summed E-state index contributed by atoms with van der Waals surface area (Å²) in [6.07, 6.45) is 2.08. The van der Waals surface area contributed by atoms with Gasteiger partial charge in [-0.1, -0.05) is 0 Å². The Kier molecular flexibility index (Phi) is 2.95. The SMILES string of the molecule is COc1cc(CC2(N)CC2)c(F)c(OC)c1F. The second-order valence-corrected chi connectivity index (χ2v) is 4.44. The van der Waals surface area contributed by atoms with E-state index in [9.17, 15) is 8.78 Å². The molecule has 0 aromatic heterocycles. The minimum absolute atomic E-state index is 0.0255. The normalized spacial score (nSPS) is 16.8. The first-order valence-corrected chi connectivity index (χ1v) is 5.38. The Labute approximate surface area is 98.5 Å². The number of benzene rings is 1. The van der Waals surface area contributed by atoms with Crippen molar-refractivity contribution < 1.29 is 18.3 Å². The molecule has 1 aromatic carbocycles.